The summed E-state index contributed by atoms with van der Waals surface area (Å²) in [6, 6.07) is 0. The summed E-state index contributed by atoms with van der Waals surface area (Å²) < 4.78 is 20.8. The standard InChI is InChI=1S/C12H12FN5O4/c1-2-12(3-19)7(20)5(13)10(22-12)18-4-15-6-8(14)16-11(21)17-9(6)18/h1,4-5,7,10,19-20H,3H2,(H3,14,16,17,21). The minimum atomic E-state index is -1.96. The van der Waals surface area contributed by atoms with Crippen LogP contribution in [-0.2, 0) is 4.74 Å². The lowest BCUT2D eigenvalue weighted by Crippen LogP contribution is -2.44. The molecular formula is C12H12FN5O4. The third-order valence-corrected chi connectivity index (χ3v) is 3.61. The van der Waals surface area contributed by atoms with Crippen LogP contribution in [0.25, 0.3) is 11.2 Å². The summed E-state index contributed by atoms with van der Waals surface area (Å²) in [4.78, 5) is 21.3. The van der Waals surface area contributed by atoms with Crippen LogP contribution < -0.4 is 11.4 Å². The summed E-state index contributed by atoms with van der Waals surface area (Å²) in [7, 11) is 0. The predicted molar refractivity (Wildman–Crippen MR) is 72.2 cm³/mol. The summed E-state index contributed by atoms with van der Waals surface area (Å²) in [6.07, 6.45) is 1.29. The van der Waals surface area contributed by atoms with Crippen molar-refractivity contribution in [1.29, 1.82) is 0 Å². The number of anilines is 1. The third kappa shape index (κ3) is 1.80. The first-order valence-corrected chi connectivity index (χ1v) is 6.24. The van der Waals surface area contributed by atoms with E-state index in [2.05, 4.69) is 20.9 Å². The normalized spacial score (nSPS) is 31.5. The molecule has 0 spiro atoms. The Morgan fingerprint density at radius 1 is 1.68 bits per heavy atom. The molecule has 0 amide bonds. The van der Waals surface area contributed by atoms with E-state index < -0.39 is 36.4 Å². The molecular weight excluding hydrogens is 297 g/mol. The van der Waals surface area contributed by atoms with E-state index >= 15 is 0 Å². The van der Waals surface area contributed by atoms with Gasteiger partial charge in [-0.15, -0.1) is 6.42 Å². The number of rotatable bonds is 2. The number of fused-ring (bicyclic) bond motifs is 1. The van der Waals surface area contributed by atoms with Crippen LogP contribution in [0.1, 0.15) is 6.23 Å². The molecule has 0 saturated carbocycles. The van der Waals surface area contributed by atoms with Crippen LogP contribution in [0.3, 0.4) is 0 Å². The molecule has 10 heteroatoms. The SMILES string of the molecule is C#CC1(CO)OC(n2cnc3c(N)[nH]c(=O)nc32)C(F)C1O. The number of aliphatic hydroxyl groups is 2. The fourth-order valence-electron chi connectivity index (χ4n) is 2.41. The van der Waals surface area contributed by atoms with Crippen molar-refractivity contribution in [3.8, 4) is 12.3 Å². The Morgan fingerprint density at radius 3 is 3.00 bits per heavy atom. The maximum Gasteiger partial charge on any atom is 0.348 e. The molecule has 22 heavy (non-hydrogen) atoms. The van der Waals surface area contributed by atoms with Gasteiger partial charge in [0.25, 0.3) is 0 Å². The number of nitrogen functional groups attached to an aromatic ring is 1. The second-order valence-corrected chi connectivity index (χ2v) is 4.87. The highest BCUT2D eigenvalue weighted by Gasteiger charge is 2.55. The first kappa shape index (κ1) is 14.5. The fourth-order valence-corrected chi connectivity index (χ4v) is 2.41. The molecule has 1 aliphatic heterocycles. The number of H-pyrrole nitrogens is 1. The molecule has 4 atom stereocenters. The zero-order valence-electron chi connectivity index (χ0n) is 11.1. The second-order valence-electron chi connectivity index (χ2n) is 4.87. The average Bonchev–Trinajstić information content (AvgIpc) is 3.01. The van der Waals surface area contributed by atoms with Crippen molar-refractivity contribution in [2.45, 2.75) is 24.1 Å². The molecule has 1 fully saturated rings. The van der Waals surface area contributed by atoms with Crippen molar-refractivity contribution in [2.24, 2.45) is 0 Å². The van der Waals surface area contributed by atoms with Gasteiger partial charge in [0, 0.05) is 0 Å². The first-order chi connectivity index (χ1) is 10.4. The average molecular weight is 309 g/mol. The molecule has 116 valence electrons. The van der Waals surface area contributed by atoms with Crippen LogP contribution in [-0.4, -0.2) is 54.2 Å². The second kappa shape index (κ2) is 4.77. The molecule has 5 N–H and O–H groups in total. The van der Waals surface area contributed by atoms with E-state index in [1.807, 2.05) is 0 Å². The van der Waals surface area contributed by atoms with Gasteiger partial charge in [-0.3, -0.25) is 9.55 Å². The number of aliphatic hydroxyl groups excluding tert-OH is 2. The summed E-state index contributed by atoms with van der Waals surface area (Å²) in [5, 5.41) is 19.2. The molecule has 2 aromatic rings. The number of imidazole rings is 1. The van der Waals surface area contributed by atoms with Gasteiger partial charge >= 0.3 is 5.69 Å². The van der Waals surface area contributed by atoms with E-state index in [9.17, 15) is 19.4 Å². The van der Waals surface area contributed by atoms with Gasteiger partial charge in [0.05, 0.1) is 12.9 Å². The minimum absolute atomic E-state index is 0.0214. The van der Waals surface area contributed by atoms with Gasteiger partial charge in [-0.05, 0) is 0 Å². The Morgan fingerprint density at radius 2 is 2.41 bits per heavy atom. The van der Waals surface area contributed by atoms with Gasteiger partial charge in [-0.1, -0.05) is 5.92 Å². The van der Waals surface area contributed by atoms with Crippen molar-refractivity contribution in [1.82, 2.24) is 19.5 Å². The van der Waals surface area contributed by atoms with Crippen molar-refractivity contribution in [3.05, 3.63) is 16.8 Å². The molecule has 3 rings (SSSR count). The van der Waals surface area contributed by atoms with Crippen LogP contribution in [0.2, 0.25) is 0 Å². The quantitative estimate of drug-likeness (QED) is 0.484. The van der Waals surface area contributed by atoms with E-state index in [1.165, 1.54) is 0 Å². The Kier molecular flexibility index (Phi) is 3.13. The number of alkyl halides is 1. The van der Waals surface area contributed by atoms with Crippen molar-refractivity contribution in [2.75, 3.05) is 12.3 Å². The molecule has 0 radical (unpaired) electrons. The Labute approximate surface area is 122 Å². The van der Waals surface area contributed by atoms with Crippen molar-refractivity contribution in [3.63, 3.8) is 0 Å². The Hall–Kier alpha value is -2.48. The molecule has 9 nitrogen and oxygen atoms in total. The van der Waals surface area contributed by atoms with Gasteiger partial charge in [-0.25, -0.2) is 14.2 Å². The number of terminal acetylenes is 1. The summed E-state index contributed by atoms with van der Waals surface area (Å²) in [5.74, 6) is 2.03. The number of ether oxygens (including phenoxy) is 1. The topological polar surface area (TPSA) is 139 Å². The largest absolute Gasteiger partial charge is 0.392 e. The molecule has 4 unspecified atom stereocenters. The maximum absolute atomic E-state index is 14.4. The van der Waals surface area contributed by atoms with Crippen LogP contribution in [0.15, 0.2) is 11.1 Å². The highest BCUT2D eigenvalue weighted by Crippen LogP contribution is 2.39. The maximum atomic E-state index is 14.4. The highest BCUT2D eigenvalue weighted by molar-refractivity contribution is 5.81. The molecule has 2 aromatic heterocycles. The van der Waals surface area contributed by atoms with Crippen LogP contribution in [0.5, 0.6) is 0 Å². The summed E-state index contributed by atoms with van der Waals surface area (Å²) in [6.45, 7) is -0.773. The number of nitrogens with two attached hydrogens (primary N) is 1. The van der Waals surface area contributed by atoms with Gasteiger partial charge in [0.2, 0.25) is 0 Å². The molecule has 1 aliphatic rings. The van der Waals surface area contributed by atoms with Gasteiger partial charge in [-0.2, -0.15) is 4.98 Å². The van der Waals surface area contributed by atoms with Gasteiger partial charge < -0.3 is 20.7 Å². The number of nitrogens with zero attached hydrogens (tertiary/aromatic N) is 3. The monoisotopic (exact) mass is 309 g/mol. The molecule has 0 bridgehead atoms. The fraction of sp³-hybridized carbons (Fsp3) is 0.417. The zero-order chi connectivity index (χ0) is 16.1. The van der Waals surface area contributed by atoms with Gasteiger partial charge in [0.1, 0.15) is 17.4 Å². The van der Waals surface area contributed by atoms with E-state index in [-0.39, 0.29) is 17.0 Å². The third-order valence-electron chi connectivity index (χ3n) is 3.61. The lowest BCUT2D eigenvalue weighted by molar-refractivity contribution is -0.0900. The zero-order valence-corrected chi connectivity index (χ0v) is 11.1. The highest BCUT2D eigenvalue weighted by atomic mass is 19.1. The lowest BCUT2D eigenvalue weighted by Gasteiger charge is -2.23. The van der Waals surface area contributed by atoms with Crippen LogP contribution >= 0.6 is 0 Å². The number of halogens is 1. The van der Waals surface area contributed by atoms with E-state index in [0.717, 1.165) is 10.9 Å². The first-order valence-electron chi connectivity index (χ1n) is 6.24. The van der Waals surface area contributed by atoms with Crippen molar-refractivity contribution < 1.29 is 19.3 Å². The van der Waals surface area contributed by atoms with E-state index in [0.29, 0.717) is 0 Å². The predicted octanol–water partition coefficient (Wildman–Crippen LogP) is -1.71. The van der Waals surface area contributed by atoms with Crippen LogP contribution in [0.4, 0.5) is 10.2 Å². The van der Waals surface area contributed by atoms with E-state index in [4.69, 9.17) is 16.9 Å². The minimum Gasteiger partial charge on any atom is -0.392 e. The molecule has 0 aromatic carbocycles. The van der Waals surface area contributed by atoms with Crippen LogP contribution in [0, 0.1) is 12.3 Å². The van der Waals surface area contributed by atoms with Crippen molar-refractivity contribution >= 4 is 17.0 Å². The van der Waals surface area contributed by atoms with E-state index in [1.54, 1.807) is 0 Å². The Bertz CT molecular complexity index is 827. The summed E-state index contributed by atoms with van der Waals surface area (Å²) in [5.41, 5.74) is 3.11. The molecule has 0 aliphatic carbocycles. The van der Waals surface area contributed by atoms with Gasteiger partial charge in [0.15, 0.2) is 23.6 Å². The summed E-state index contributed by atoms with van der Waals surface area (Å²) >= 11 is 0. The molecule has 3 heterocycles. The smallest absolute Gasteiger partial charge is 0.348 e. The number of aromatic amines is 1. The molecule has 1 saturated heterocycles. The number of hydrogen-bond acceptors (Lipinski definition) is 7. The Balaban J connectivity index is 2.13. The lowest BCUT2D eigenvalue weighted by atomic mass is 9.98. The number of nitrogens with one attached hydrogen (secondary N) is 1. The number of hydrogen-bond donors (Lipinski definition) is 4. The number of aromatic nitrogens is 4.